The Hall–Kier alpha value is -2.08. The summed E-state index contributed by atoms with van der Waals surface area (Å²) in [5.74, 6) is 0.378. The van der Waals surface area contributed by atoms with Gasteiger partial charge < -0.3 is 19.9 Å². The minimum absolute atomic E-state index is 0.0460. The SMILES string of the molecule is CCc1ccccc1NC(=O)N1CC[C@]2(CC[C@@H](C(=O)N3CCCC3)O2)[C@@H](C)C1. The fourth-order valence-electron chi connectivity index (χ4n) is 5.13. The summed E-state index contributed by atoms with van der Waals surface area (Å²) < 4.78 is 6.41. The second-order valence-electron chi connectivity index (χ2n) is 8.78. The molecule has 4 rings (SSSR count). The van der Waals surface area contributed by atoms with Crippen LogP contribution < -0.4 is 5.32 Å². The molecule has 3 fully saturated rings. The predicted molar refractivity (Wildman–Crippen MR) is 113 cm³/mol. The van der Waals surface area contributed by atoms with Crippen molar-refractivity contribution in [2.45, 2.75) is 64.1 Å². The number of carbonyl (C=O) groups excluding carboxylic acids is 2. The van der Waals surface area contributed by atoms with Crippen molar-refractivity contribution in [3.05, 3.63) is 29.8 Å². The Morgan fingerprint density at radius 3 is 2.62 bits per heavy atom. The number of carbonyl (C=O) groups is 2. The van der Waals surface area contributed by atoms with Crippen molar-refractivity contribution in [1.82, 2.24) is 9.80 Å². The molecule has 3 saturated heterocycles. The van der Waals surface area contributed by atoms with Crippen LogP contribution in [0.4, 0.5) is 10.5 Å². The van der Waals surface area contributed by atoms with Crippen molar-refractivity contribution < 1.29 is 14.3 Å². The number of ether oxygens (including phenoxy) is 1. The highest BCUT2D eigenvalue weighted by Crippen LogP contribution is 2.43. The van der Waals surface area contributed by atoms with Crippen molar-refractivity contribution in [1.29, 1.82) is 0 Å². The van der Waals surface area contributed by atoms with Gasteiger partial charge in [0.1, 0.15) is 6.10 Å². The number of anilines is 1. The first-order valence-electron chi connectivity index (χ1n) is 11.1. The average molecular weight is 400 g/mol. The molecule has 3 amide bonds. The van der Waals surface area contributed by atoms with Gasteiger partial charge in [-0.2, -0.15) is 0 Å². The Morgan fingerprint density at radius 1 is 1.14 bits per heavy atom. The van der Waals surface area contributed by atoms with E-state index in [-0.39, 0.29) is 29.6 Å². The smallest absolute Gasteiger partial charge is 0.321 e. The number of aryl methyl sites for hydroxylation is 1. The highest BCUT2D eigenvalue weighted by atomic mass is 16.5. The first-order valence-corrected chi connectivity index (χ1v) is 11.1. The van der Waals surface area contributed by atoms with Crippen LogP contribution in [0.3, 0.4) is 0 Å². The fraction of sp³-hybridized carbons (Fsp3) is 0.652. The molecule has 1 aromatic carbocycles. The van der Waals surface area contributed by atoms with Gasteiger partial charge in [-0.1, -0.05) is 32.0 Å². The highest BCUT2D eigenvalue weighted by Gasteiger charge is 2.50. The number of amides is 3. The molecule has 3 heterocycles. The zero-order chi connectivity index (χ0) is 20.4. The number of nitrogens with one attached hydrogen (secondary N) is 1. The molecule has 29 heavy (non-hydrogen) atoms. The van der Waals surface area contributed by atoms with Crippen molar-refractivity contribution in [3.63, 3.8) is 0 Å². The number of hydrogen-bond donors (Lipinski definition) is 1. The maximum atomic E-state index is 12.8. The Bertz CT molecular complexity index is 761. The number of rotatable bonds is 3. The van der Waals surface area contributed by atoms with Crippen LogP contribution in [-0.2, 0) is 16.0 Å². The van der Waals surface area contributed by atoms with Crippen LogP contribution in [0.5, 0.6) is 0 Å². The van der Waals surface area contributed by atoms with Gasteiger partial charge in [-0.25, -0.2) is 4.79 Å². The third-order valence-electron chi connectivity index (χ3n) is 7.02. The lowest BCUT2D eigenvalue weighted by Crippen LogP contribution is -2.54. The maximum absolute atomic E-state index is 12.8. The molecule has 0 saturated carbocycles. The van der Waals surface area contributed by atoms with Crippen LogP contribution in [-0.4, -0.2) is 59.6 Å². The van der Waals surface area contributed by atoms with Crippen LogP contribution >= 0.6 is 0 Å². The molecule has 0 radical (unpaired) electrons. The van der Waals surface area contributed by atoms with E-state index in [0.717, 1.165) is 62.9 Å². The second-order valence-corrected chi connectivity index (χ2v) is 8.78. The van der Waals surface area contributed by atoms with Gasteiger partial charge in [-0.3, -0.25) is 4.79 Å². The van der Waals surface area contributed by atoms with Crippen molar-refractivity contribution >= 4 is 17.6 Å². The number of hydrogen-bond acceptors (Lipinski definition) is 3. The number of para-hydroxylation sites is 1. The first-order chi connectivity index (χ1) is 14.0. The largest absolute Gasteiger partial charge is 0.362 e. The van der Waals surface area contributed by atoms with Gasteiger partial charge in [0.15, 0.2) is 0 Å². The molecule has 1 N–H and O–H groups in total. The van der Waals surface area contributed by atoms with E-state index in [1.54, 1.807) is 0 Å². The highest BCUT2D eigenvalue weighted by molar-refractivity contribution is 5.90. The van der Waals surface area contributed by atoms with Crippen LogP contribution in [0.2, 0.25) is 0 Å². The van der Waals surface area contributed by atoms with E-state index in [4.69, 9.17) is 4.74 Å². The van der Waals surface area contributed by atoms with Gasteiger partial charge in [0.25, 0.3) is 5.91 Å². The Labute approximate surface area is 173 Å². The fourth-order valence-corrected chi connectivity index (χ4v) is 5.13. The summed E-state index contributed by atoms with van der Waals surface area (Å²) in [6, 6.07) is 7.91. The lowest BCUT2D eigenvalue weighted by atomic mass is 9.80. The second kappa shape index (κ2) is 8.34. The predicted octanol–water partition coefficient (Wildman–Crippen LogP) is 3.66. The topological polar surface area (TPSA) is 61.9 Å². The molecule has 3 atom stereocenters. The summed E-state index contributed by atoms with van der Waals surface area (Å²) >= 11 is 0. The van der Waals surface area contributed by atoms with Crippen molar-refractivity contribution in [2.24, 2.45) is 5.92 Å². The molecular weight excluding hydrogens is 366 g/mol. The van der Waals surface area contributed by atoms with Crippen molar-refractivity contribution in [3.8, 4) is 0 Å². The average Bonchev–Trinajstić information content (AvgIpc) is 3.41. The molecule has 158 valence electrons. The third-order valence-corrected chi connectivity index (χ3v) is 7.02. The molecule has 0 unspecified atom stereocenters. The van der Waals surface area contributed by atoms with Crippen molar-refractivity contribution in [2.75, 3.05) is 31.5 Å². The van der Waals surface area contributed by atoms with Gasteiger partial charge >= 0.3 is 6.03 Å². The number of likely N-dealkylation sites (tertiary alicyclic amines) is 2. The van der Waals surface area contributed by atoms with Crippen LogP contribution in [0.1, 0.15) is 51.5 Å². The Balaban J connectivity index is 1.36. The number of nitrogens with zero attached hydrogens (tertiary/aromatic N) is 2. The summed E-state index contributed by atoms with van der Waals surface area (Å²) in [5.41, 5.74) is 1.77. The summed E-state index contributed by atoms with van der Waals surface area (Å²) in [6.07, 6.45) is 5.29. The third kappa shape index (κ3) is 4.00. The maximum Gasteiger partial charge on any atom is 0.321 e. The Kier molecular flexibility index (Phi) is 5.81. The molecular formula is C23H33N3O3. The molecule has 0 aromatic heterocycles. The van der Waals surface area contributed by atoms with E-state index in [9.17, 15) is 9.59 Å². The molecule has 6 nitrogen and oxygen atoms in total. The van der Waals surface area contributed by atoms with E-state index >= 15 is 0 Å². The quantitative estimate of drug-likeness (QED) is 0.844. The van der Waals surface area contributed by atoms with E-state index in [2.05, 4.69) is 19.2 Å². The van der Waals surface area contributed by atoms with Crippen LogP contribution in [0.25, 0.3) is 0 Å². The van der Waals surface area contributed by atoms with Crippen LogP contribution in [0.15, 0.2) is 24.3 Å². The van der Waals surface area contributed by atoms with Crippen LogP contribution in [0, 0.1) is 5.92 Å². The summed E-state index contributed by atoms with van der Waals surface area (Å²) in [4.78, 5) is 29.4. The normalized spacial score (nSPS) is 29.4. The van der Waals surface area contributed by atoms with Gasteiger partial charge in [-0.15, -0.1) is 0 Å². The lowest BCUT2D eigenvalue weighted by Gasteiger charge is -2.44. The van der Waals surface area contributed by atoms with E-state index < -0.39 is 0 Å². The molecule has 1 spiro atoms. The molecule has 3 aliphatic rings. The zero-order valence-corrected chi connectivity index (χ0v) is 17.7. The minimum atomic E-state index is -0.299. The van der Waals surface area contributed by atoms with Gasteiger partial charge in [0.05, 0.1) is 5.60 Å². The van der Waals surface area contributed by atoms with Gasteiger partial charge in [-0.05, 0) is 50.2 Å². The first kappa shape index (κ1) is 20.2. The summed E-state index contributed by atoms with van der Waals surface area (Å²) in [7, 11) is 0. The van der Waals surface area contributed by atoms with E-state index in [1.165, 1.54) is 0 Å². The lowest BCUT2D eigenvalue weighted by molar-refractivity contribution is -0.154. The minimum Gasteiger partial charge on any atom is -0.362 e. The molecule has 6 heteroatoms. The summed E-state index contributed by atoms with van der Waals surface area (Å²) in [6.45, 7) is 7.31. The zero-order valence-electron chi connectivity index (χ0n) is 17.7. The van der Waals surface area contributed by atoms with Gasteiger partial charge in [0.2, 0.25) is 0 Å². The number of piperidine rings is 1. The standard InChI is InChI=1S/C23H33N3O3/c1-3-18-8-4-5-9-19(18)24-22(28)26-15-12-23(17(2)16-26)11-10-20(29-23)21(27)25-13-6-7-14-25/h4-5,8-9,17,20H,3,6-7,10-16H2,1-2H3,(H,24,28)/t17-,20-,23+/m0/s1. The van der Waals surface area contributed by atoms with E-state index in [1.807, 2.05) is 34.1 Å². The number of benzene rings is 1. The van der Waals surface area contributed by atoms with Gasteiger partial charge in [0, 0.05) is 37.8 Å². The Morgan fingerprint density at radius 2 is 1.90 bits per heavy atom. The molecule has 1 aromatic rings. The summed E-state index contributed by atoms with van der Waals surface area (Å²) in [5, 5.41) is 3.08. The number of urea groups is 1. The van der Waals surface area contributed by atoms with E-state index in [0.29, 0.717) is 13.1 Å². The molecule has 0 aliphatic carbocycles. The monoisotopic (exact) mass is 399 g/mol. The molecule has 0 bridgehead atoms. The molecule has 3 aliphatic heterocycles.